The molecule has 0 radical (unpaired) electrons. The van der Waals surface area contributed by atoms with Crippen LogP contribution in [0.2, 0.25) is 0 Å². The molecule has 2 fully saturated rings. The molecule has 236 valence electrons. The van der Waals surface area contributed by atoms with Gasteiger partial charge in [0, 0.05) is 43.4 Å². The number of aromatic carboxylic acids is 1. The van der Waals surface area contributed by atoms with Gasteiger partial charge in [0.05, 0.1) is 12.0 Å². The van der Waals surface area contributed by atoms with Crippen LogP contribution in [0.5, 0.6) is 0 Å². The van der Waals surface area contributed by atoms with Crippen molar-refractivity contribution in [2.45, 2.75) is 83.5 Å². The van der Waals surface area contributed by atoms with E-state index >= 15 is 0 Å². The summed E-state index contributed by atoms with van der Waals surface area (Å²) in [7, 11) is 0. The summed E-state index contributed by atoms with van der Waals surface area (Å²) < 4.78 is 0. The standard InChI is InChI=1S/2C14H20N2O.C8H8O2/c2*1-3-16-10(2)12(9-13(15)14(16)17)11-7-5-4-6-8-11;1-6-2-4-7(5-3-6)8(9)10/h2*4-8,10,12-13H,3,9,15H2,1-2H3;2-5H,1H3,(H,9,10)/t10-,12-,13?;10-,12-,13+;/m11./s1. The Morgan fingerprint density at radius 1 is 0.773 bits per heavy atom. The minimum Gasteiger partial charge on any atom is -0.545 e. The van der Waals surface area contributed by atoms with Crippen molar-refractivity contribution < 1.29 is 25.2 Å². The Bertz CT molecular complexity index is 1270. The highest BCUT2D eigenvalue weighted by molar-refractivity contribution is 5.85. The molecule has 44 heavy (non-hydrogen) atoms. The number of rotatable bonds is 5. The number of likely N-dealkylation sites (N-methyl/N-ethyl adjacent to an activating group) is 2. The average molecular weight is 601 g/mol. The van der Waals surface area contributed by atoms with Crippen molar-refractivity contribution in [3.8, 4) is 0 Å². The topological polar surface area (TPSA) is 134 Å². The zero-order valence-corrected chi connectivity index (χ0v) is 26.7. The lowest BCUT2D eigenvalue weighted by atomic mass is 9.82. The van der Waals surface area contributed by atoms with Crippen molar-refractivity contribution in [2.24, 2.45) is 5.73 Å². The number of carboxylic acids is 1. The maximum Gasteiger partial charge on any atom is 0.280 e. The van der Waals surface area contributed by atoms with Crippen LogP contribution >= 0.6 is 0 Å². The van der Waals surface area contributed by atoms with Crippen molar-refractivity contribution in [1.29, 1.82) is 0 Å². The lowest BCUT2D eigenvalue weighted by Crippen LogP contribution is -2.72. The molecule has 0 aliphatic carbocycles. The predicted molar refractivity (Wildman–Crippen MR) is 171 cm³/mol. The van der Waals surface area contributed by atoms with Gasteiger partial charge in [-0.25, -0.2) is 0 Å². The second kappa shape index (κ2) is 16.2. The fraction of sp³-hybridized carbons (Fsp3) is 0.417. The maximum atomic E-state index is 12.0. The van der Waals surface area contributed by atoms with Crippen LogP contribution in [0.4, 0.5) is 0 Å². The normalized spacial score (nSPS) is 24.9. The Morgan fingerprint density at radius 2 is 1.20 bits per heavy atom. The summed E-state index contributed by atoms with van der Waals surface area (Å²) in [6, 6.07) is 27.4. The van der Waals surface area contributed by atoms with Crippen molar-refractivity contribution in [1.82, 2.24) is 9.80 Å². The van der Waals surface area contributed by atoms with Crippen LogP contribution in [0, 0.1) is 6.92 Å². The quantitative estimate of drug-likeness (QED) is 0.464. The van der Waals surface area contributed by atoms with Crippen molar-refractivity contribution >= 4 is 17.8 Å². The lowest BCUT2D eigenvalue weighted by Gasteiger charge is -2.41. The Kier molecular flexibility index (Phi) is 12.7. The van der Waals surface area contributed by atoms with Crippen molar-refractivity contribution in [3.05, 3.63) is 107 Å². The third kappa shape index (κ3) is 8.55. The second-order valence-electron chi connectivity index (χ2n) is 11.7. The van der Waals surface area contributed by atoms with Crippen LogP contribution in [0.15, 0.2) is 84.9 Å². The van der Waals surface area contributed by atoms with Gasteiger partial charge >= 0.3 is 0 Å². The molecule has 8 nitrogen and oxygen atoms in total. The summed E-state index contributed by atoms with van der Waals surface area (Å²) >= 11 is 0. The highest BCUT2D eigenvalue weighted by atomic mass is 16.4. The molecule has 3 aromatic rings. The Labute approximate surface area is 262 Å². The van der Waals surface area contributed by atoms with Crippen molar-refractivity contribution in [2.75, 3.05) is 13.1 Å². The molecular weight excluding hydrogens is 552 g/mol. The van der Waals surface area contributed by atoms with Crippen LogP contribution in [0.1, 0.15) is 79.4 Å². The molecule has 2 heterocycles. The van der Waals surface area contributed by atoms with Crippen LogP contribution < -0.4 is 16.6 Å². The number of carbonyl (C=O) groups is 3. The number of aryl methyl sites for hydroxylation is 1. The number of carboxylic acid groups (broad SMARTS) is 1. The first-order valence-corrected chi connectivity index (χ1v) is 15.6. The molecule has 6 atom stereocenters. The van der Waals surface area contributed by atoms with Crippen LogP contribution in [0.3, 0.4) is 0 Å². The average Bonchev–Trinajstić information content (AvgIpc) is 3.03. The molecule has 5 N–H and O–H groups in total. The van der Waals surface area contributed by atoms with E-state index < -0.39 is 5.97 Å². The smallest absolute Gasteiger partial charge is 0.280 e. The minimum absolute atomic E-state index is 0.0900. The number of amides is 2. The summed E-state index contributed by atoms with van der Waals surface area (Å²) in [4.78, 5) is 38.0. The largest absolute Gasteiger partial charge is 0.545 e. The third-order valence-corrected chi connectivity index (χ3v) is 8.85. The Balaban J connectivity index is 0.000000187. The zero-order chi connectivity index (χ0) is 32.4. The summed E-state index contributed by atoms with van der Waals surface area (Å²) in [5.74, 6) is -0.0698. The van der Waals surface area contributed by atoms with E-state index in [-0.39, 0.29) is 41.5 Å². The SMILES string of the molecule is CCN1C(=O)C(N)C[C@@H](c2ccccc2)[C@H]1C.CCN1C(=O)[C@@H]([NH3+])C[C@@H](c2ccccc2)[C@H]1C.Cc1ccc(C(=O)[O-])cc1. The molecule has 0 bridgehead atoms. The number of piperidine rings is 2. The molecule has 2 saturated heterocycles. The first-order chi connectivity index (χ1) is 21.0. The molecule has 1 unspecified atom stereocenters. The fourth-order valence-corrected chi connectivity index (χ4v) is 6.27. The predicted octanol–water partition coefficient (Wildman–Crippen LogP) is 3.12. The first-order valence-electron chi connectivity index (χ1n) is 15.6. The Hall–Kier alpha value is -4.01. The lowest BCUT2D eigenvalue weighted by molar-refractivity contribution is -0.411. The highest BCUT2D eigenvalue weighted by Crippen LogP contribution is 2.33. The monoisotopic (exact) mass is 600 g/mol. The summed E-state index contributed by atoms with van der Waals surface area (Å²) in [5.41, 5.74) is 13.8. The number of hydrogen-bond acceptors (Lipinski definition) is 5. The maximum absolute atomic E-state index is 12.0. The van der Waals surface area contributed by atoms with Gasteiger partial charge in [-0.2, -0.15) is 0 Å². The van der Waals surface area contributed by atoms with Gasteiger partial charge in [-0.1, -0.05) is 90.5 Å². The van der Waals surface area contributed by atoms with Gasteiger partial charge in [-0.05, 0) is 57.7 Å². The van der Waals surface area contributed by atoms with Crippen molar-refractivity contribution in [3.63, 3.8) is 0 Å². The van der Waals surface area contributed by atoms with E-state index in [2.05, 4.69) is 56.0 Å². The first kappa shape index (κ1) is 34.5. The second-order valence-corrected chi connectivity index (χ2v) is 11.7. The summed E-state index contributed by atoms with van der Waals surface area (Å²) in [5, 5.41) is 10.2. The molecule has 0 aromatic heterocycles. The summed E-state index contributed by atoms with van der Waals surface area (Å²) in [6.45, 7) is 11.7. The Morgan fingerprint density at radius 3 is 1.64 bits per heavy atom. The molecule has 5 rings (SSSR count). The van der Waals surface area contributed by atoms with Crippen LogP contribution in [-0.4, -0.2) is 64.8 Å². The van der Waals surface area contributed by atoms with E-state index in [1.165, 1.54) is 23.3 Å². The van der Waals surface area contributed by atoms with Gasteiger partial charge in [-0.15, -0.1) is 0 Å². The van der Waals surface area contributed by atoms with E-state index in [0.29, 0.717) is 11.8 Å². The fourth-order valence-electron chi connectivity index (χ4n) is 6.27. The van der Waals surface area contributed by atoms with E-state index in [1.807, 2.05) is 54.8 Å². The number of hydrogen-bond donors (Lipinski definition) is 2. The highest BCUT2D eigenvalue weighted by Gasteiger charge is 2.40. The molecule has 2 amide bonds. The third-order valence-electron chi connectivity index (χ3n) is 8.85. The zero-order valence-electron chi connectivity index (χ0n) is 26.7. The van der Waals surface area contributed by atoms with E-state index in [4.69, 9.17) is 5.73 Å². The van der Waals surface area contributed by atoms with E-state index in [9.17, 15) is 19.5 Å². The number of nitrogens with two attached hydrogens (primary N) is 1. The molecule has 3 aromatic carbocycles. The molecule has 8 heteroatoms. The number of likely N-dealkylation sites (tertiary alicyclic amines) is 2. The summed E-state index contributed by atoms with van der Waals surface area (Å²) in [6.07, 6.45) is 1.61. The van der Waals surface area contributed by atoms with Gasteiger partial charge in [0.1, 0.15) is 0 Å². The molecule has 2 aliphatic rings. The van der Waals surface area contributed by atoms with Gasteiger partial charge in [0.25, 0.3) is 5.91 Å². The molecule has 0 saturated carbocycles. The molecule has 0 spiro atoms. The molecule has 2 aliphatic heterocycles. The number of benzene rings is 3. The van der Waals surface area contributed by atoms with Crippen LogP contribution in [0.25, 0.3) is 0 Å². The van der Waals surface area contributed by atoms with Gasteiger partial charge < -0.3 is 31.2 Å². The van der Waals surface area contributed by atoms with E-state index in [1.54, 1.807) is 12.1 Å². The molecular formula is C36H48N4O4. The minimum atomic E-state index is -1.12. The van der Waals surface area contributed by atoms with Gasteiger partial charge in [-0.3, -0.25) is 9.59 Å². The van der Waals surface area contributed by atoms with Crippen LogP contribution in [-0.2, 0) is 9.59 Å². The number of carbonyl (C=O) groups excluding carboxylic acids is 3. The number of nitrogens with zero attached hydrogens (tertiary/aromatic N) is 2. The van der Waals surface area contributed by atoms with E-state index in [0.717, 1.165) is 31.5 Å². The van der Waals surface area contributed by atoms with Gasteiger partial charge in [0.2, 0.25) is 5.91 Å². The number of quaternary nitrogens is 1. The van der Waals surface area contributed by atoms with Gasteiger partial charge in [0.15, 0.2) is 6.04 Å².